The molecule has 0 heterocycles. The summed E-state index contributed by atoms with van der Waals surface area (Å²) in [5, 5.41) is 0. The Balaban J connectivity index is 2.38. The number of fused-ring (bicyclic) bond motifs is 2. The van der Waals surface area contributed by atoms with Crippen molar-refractivity contribution in [3.63, 3.8) is 0 Å². The first kappa shape index (κ1) is 21.5. The van der Waals surface area contributed by atoms with Crippen LogP contribution in [-0.2, 0) is 18.3 Å². The smallest absolute Gasteiger partial charge is 0.248 e. The summed E-state index contributed by atoms with van der Waals surface area (Å²) in [5.74, 6) is -0.501. The van der Waals surface area contributed by atoms with Crippen LogP contribution in [0.1, 0.15) is 63.2 Å². The van der Waals surface area contributed by atoms with Gasteiger partial charge in [0.2, 0.25) is 11.8 Å². The van der Waals surface area contributed by atoms with E-state index >= 15 is 0 Å². The SMILES string of the molecule is CC(C)N=C(N)C1(CCN)c2ccc(C(N)=O)cc2CCc2cc(C(N)=O)ccc21. The van der Waals surface area contributed by atoms with Crippen molar-refractivity contribution in [2.45, 2.75) is 44.6 Å². The molecule has 0 spiro atoms. The Kier molecular flexibility index (Phi) is 5.94. The molecule has 0 radical (unpaired) electrons. The predicted molar refractivity (Wildman–Crippen MR) is 119 cm³/mol. The van der Waals surface area contributed by atoms with E-state index < -0.39 is 17.2 Å². The van der Waals surface area contributed by atoms with Gasteiger partial charge >= 0.3 is 0 Å². The number of rotatable bonds is 6. The van der Waals surface area contributed by atoms with Crippen LogP contribution < -0.4 is 22.9 Å². The maximum Gasteiger partial charge on any atom is 0.248 e. The third-order valence-corrected chi connectivity index (χ3v) is 5.72. The van der Waals surface area contributed by atoms with Crippen LogP contribution in [0.15, 0.2) is 41.4 Å². The van der Waals surface area contributed by atoms with Crippen LogP contribution in [0.4, 0.5) is 0 Å². The lowest BCUT2D eigenvalue weighted by Gasteiger charge is -2.36. The van der Waals surface area contributed by atoms with Crippen molar-refractivity contribution in [2.75, 3.05) is 6.54 Å². The third kappa shape index (κ3) is 3.68. The Hall–Kier alpha value is -3.19. The number of nitrogens with zero attached hydrogens (tertiary/aromatic N) is 1. The first-order valence-corrected chi connectivity index (χ1v) is 10.1. The van der Waals surface area contributed by atoms with E-state index in [1.165, 1.54) is 0 Å². The highest BCUT2D eigenvalue weighted by Crippen LogP contribution is 2.43. The van der Waals surface area contributed by atoms with Crippen molar-refractivity contribution >= 4 is 17.6 Å². The average molecular weight is 408 g/mol. The summed E-state index contributed by atoms with van der Waals surface area (Å²) >= 11 is 0. The van der Waals surface area contributed by atoms with Crippen LogP contribution >= 0.6 is 0 Å². The second-order valence-electron chi connectivity index (χ2n) is 8.02. The first-order valence-electron chi connectivity index (χ1n) is 10.1. The molecule has 0 fully saturated rings. The number of carbonyl (C=O) groups is 2. The number of amides is 2. The van der Waals surface area contributed by atoms with Crippen molar-refractivity contribution < 1.29 is 9.59 Å². The van der Waals surface area contributed by atoms with Gasteiger partial charge in [0, 0.05) is 17.2 Å². The minimum atomic E-state index is -0.771. The molecule has 0 saturated carbocycles. The molecule has 1 aliphatic rings. The van der Waals surface area contributed by atoms with Crippen molar-refractivity contribution in [2.24, 2.45) is 27.9 Å². The van der Waals surface area contributed by atoms with Crippen LogP contribution in [0.2, 0.25) is 0 Å². The van der Waals surface area contributed by atoms with E-state index in [1.54, 1.807) is 12.1 Å². The zero-order chi connectivity index (χ0) is 22.1. The summed E-state index contributed by atoms with van der Waals surface area (Å²) in [6, 6.07) is 10.9. The maximum atomic E-state index is 11.8. The molecule has 158 valence electrons. The molecular formula is C23H29N5O2. The molecule has 0 aromatic heterocycles. The van der Waals surface area contributed by atoms with Crippen molar-refractivity contribution in [1.82, 2.24) is 0 Å². The molecule has 0 atom stereocenters. The van der Waals surface area contributed by atoms with Gasteiger partial charge in [0.1, 0.15) is 5.84 Å². The molecule has 2 aromatic carbocycles. The summed E-state index contributed by atoms with van der Waals surface area (Å²) in [6.45, 7) is 4.31. The topological polar surface area (TPSA) is 151 Å². The highest BCUT2D eigenvalue weighted by Gasteiger charge is 2.42. The summed E-state index contributed by atoms with van der Waals surface area (Å²) in [7, 11) is 0. The fraction of sp³-hybridized carbons (Fsp3) is 0.348. The highest BCUT2D eigenvalue weighted by atomic mass is 16.1. The number of hydrogen-bond acceptors (Lipinski definition) is 4. The first-order chi connectivity index (χ1) is 14.2. The van der Waals surface area contributed by atoms with Gasteiger partial charge in [0.05, 0.1) is 5.41 Å². The summed E-state index contributed by atoms with van der Waals surface area (Å²) < 4.78 is 0. The lowest BCUT2D eigenvalue weighted by Crippen LogP contribution is -2.45. The number of nitrogens with two attached hydrogens (primary N) is 4. The lowest BCUT2D eigenvalue weighted by atomic mass is 9.68. The van der Waals surface area contributed by atoms with E-state index in [2.05, 4.69) is 0 Å². The highest BCUT2D eigenvalue weighted by molar-refractivity contribution is 5.98. The quantitative estimate of drug-likeness (QED) is 0.422. The molecule has 7 nitrogen and oxygen atoms in total. The molecule has 0 saturated heterocycles. The van der Waals surface area contributed by atoms with Crippen molar-refractivity contribution in [3.05, 3.63) is 69.8 Å². The largest absolute Gasteiger partial charge is 0.386 e. The van der Waals surface area contributed by atoms with Gasteiger partial charge in [-0.05, 0) is 86.2 Å². The van der Waals surface area contributed by atoms with Gasteiger partial charge in [0.15, 0.2) is 0 Å². The Morgan fingerprint density at radius 1 is 0.933 bits per heavy atom. The number of amidine groups is 1. The summed E-state index contributed by atoms with van der Waals surface area (Å²) in [4.78, 5) is 28.3. The van der Waals surface area contributed by atoms with E-state index in [0.29, 0.717) is 42.8 Å². The number of aryl methyl sites for hydroxylation is 2. The van der Waals surface area contributed by atoms with Gasteiger partial charge in [-0.3, -0.25) is 14.6 Å². The Morgan fingerprint density at radius 2 is 1.40 bits per heavy atom. The number of hydrogen-bond donors (Lipinski definition) is 4. The van der Waals surface area contributed by atoms with Crippen molar-refractivity contribution in [3.8, 4) is 0 Å². The zero-order valence-corrected chi connectivity index (χ0v) is 17.4. The molecule has 3 rings (SSSR count). The lowest BCUT2D eigenvalue weighted by molar-refractivity contribution is 0.0991. The molecule has 8 N–H and O–H groups in total. The van der Waals surface area contributed by atoms with E-state index in [4.69, 9.17) is 27.9 Å². The average Bonchev–Trinajstić information content (AvgIpc) is 2.82. The molecule has 2 amide bonds. The minimum absolute atomic E-state index is 0.00964. The standard InChI is InChI=1S/C23H29N5O2/c1-13(2)28-22(27)23(9-10-24)18-7-5-16(20(25)29)11-14(18)3-4-15-12-17(21(26)30)6-8-19(15)23/h5-8,11-13H,3-4,9-10,24H2,1-2H3,(H2,25,29)(H2,26,30)(H2,27,28). The molecule has 0 aliphatic heterocycles. The van der Waals surface area contributed by atoms with Crippen LogP contribution in [0.5, 0.6) is 0 Å². The number of primary amides is 2. The van der Waals surface area contributed by atoms with Gasteiger partial charge in [-0.2, -0.15) is 0 Å². The van der Waals surface area contributed by atoms with Gasteiger partial charge < -0.3 is 22.9 Å². The third-order valence-electron chi connectivity index (χ3n) is 5.72. The van der Waals surface area contributed by atoms with Gasteiger partial charge in [-0.1, -0.05) is 12.1 Å². The monoisotopic (exact) mass is 407 g/mol. The van der Waals surface area contributed by atoms with E-state index in [-0.39, 0.29) is 6.04 Å². The molecular weight excluding hydrogens is 378 g/mol. The van der Waals surface area contributed by atoms with Gasteiger partial charge in [-0.25, -0.2) is 0 Å². The fourth-order valence-electron chi connectivity index (χ4n) is 4.43. The molecule has 1 aliphatic carbocycles. The summed E-state index contributed by atoms with van der Waals surface area (Å²) in [5.41, 5.74) is 27.8. The Morgan fingerprint density at radius 3 is 1.77 bits per heavy atom. The van der Waals surface area contributed by atoms with Gasteiger partial charge in [-0.15, -0.1) is 0 Å². The van der Waals surface area contributed by atoms with Crippen LogP contribution in [0.25, 0.3) is 0 Å². The Labute approximate surface area is 176 Å². The molecule has 0 unspecified atom stereocenters. The van der Waals surface area contributed by atoms with Crippen LogP contribution in [0.3, 0.4) is 0 Å². The second-order valence-corrected chi connectivity index (χ2v) is 8.02. The van der Waals surface area contributed by atoms with Crippen LogP contribution in [0, 0.1) is 0 Å². The number of benzene rings is 2. The van der Waals surface area contributed by atoms with Crippen LogP contribution in [-0.4, -0.2) is 30.2 Å². The zero-order valence-electron chi connectivity index (χ0n) is 17.4. The van der Waals surface area contributed by atoms with E-state index in [1.807, 2.05) is 38.1 Å². The predicted octanol–water partition coefficient (Wildman–Crippen LogP) is 1.38. The van der Waals surface area contributed by atoms with Gasteiger partial charge in [0.25, 0.3) is 0 Å². The maximum absolute atomic E-state index is 11.8. The summed E-state index contributed by atoms with van der Waals surface area (Å²) in [6.07, 6.45) is 1.85. The number of carbonyl (C=O) groups excluding carboxylic acids is 2. The number of aliphatic imine (C=N–C) groups is 1. The molecule has 30 heavy (non-hydrogen) atoms. The normalized spacial score (nSPS) is 15.3. The molecule has 7 heteroatoms. The molecule has 2 aromatic rings. The van der Waals surface area contributed by atoms with E-state index in [9.17, 15) is 9.59 Å². The van der Waals surface area contributed by atoms with Crippen molar-refractivity contribution in [1.29, 1.82) is 0 Å². The Bertz CT molecular complexity index is 961. The fourth-order valence-corrected chi connectivity index (χ4v) is 4.43. The minimum Gasteiger partial charge on any atom is -0.386 e. The second kappa shape index (κ2) is 8.28. The van der Waals surface area contributed by atoms with E-state index in [0.717, 1.165) is 22.3 Å². The molecule has 0 bridgehead atoms.